The highest BCUT2D eigenvalue weighted by Crippen LogP contribution is 2.26. The molecule has 4 aromatic rings. The van der Waals surface area contributed by atoms with E-state index in [2.05, 4.69) is 19.9 Å². The van der Waals surface area contributed by atoms with Crippen molar-refractivity contribution < 1.29 is 0 Å². The Kier molecular flexibility index (Phi) is 2.20. The Bertz CT molecular complexity index is 921. The summed E-state index contributed by atoms with van der Waals surface area (Å²) in [6.45, 7) is 0. The van der Waals surface area contributed by atoms with Gasteiger partial charge in [0, 0.05) is 17.1 Å². The molecule has 0 amide bonds. The molecule has 20 heavy (non-hydrogen) atoms. The molecule has 1 aromatic carbocycles. The molecule has 0 fully saturated rings. The molecule has 5 nitrogen and oxygen atoms in total. The monoisotopic (exact) mass is 261 g/mol. The molecule has 0 aliphatic rings. The van der Waals surface area contributed by atoms with E-state index in [0.717, 1.165) is 27.8 Å². The van der Waals surface area contributed by atoms with Crippen LogP contribution in [-0.4, -0.2) is 19.9 Å². The van der Waals surface area contributed by atoms with Crippen LogP contribution in [0, 0.1) is 0 Å². The summed E-state index contributed by atoms with van der Waals surface area (Å²) in [4.78, 5) is 16.4. The summed E-state index contributed by atoms with van der Waals surface area (Å²) in [6, 6.07) is 13.6. The Hall–Kier alpha value is -2.95. The Labute approximate surface area is 114 Å². The first kappa shape index (κ1) is 10.9. The number of pyridine rings is 2. The Morgan fingerprint density at radius 2 is 1.90 bits per heavy atom. The molecule has 3 aromatic heterocycles. The number of hydrogen-bond donors (Lipinski definition) is 2. The van der Waals surface area contributed by atoms with E-state index in [9.17, 15) is 0 Å². The molecule has 3 heterocycles. The van der Waals surface area contributed by atoms with Gasteiger partial charge in [-0.2, -0.15) is 0 Å². The van der Waals surface area contributed by atoms with Crippen molar-refractivity contribution in [3.05, 3.63) is 48.7 Å². The third kappa shape index (κ3) is 1.60. The lowest BCUT2D eigenvalue weighted by atomic mass is 10.1. The molecule has 0 saturated heterocycles. The fraction of sp³-hybridized carbons (Fsp3) is 0. The van der Waals surface area contributed by atoms with Crippen LogP contribution < -0.4 is 5.73 Å². The van der Waals surface area contributed by atoms with Gasteiger partial charge >= 0.3 is 0 Å². The number of imidazole rings is 1. The fourth-order valence-corrected chi connectivity index (χ4v) is 2.34. The predicted octanol–water partition coefficient (Wildman–Crippen LogP) is 2.76. The summed E-state index contributed by atoms with van der Waals surface area (Å²) in [5.41, 5.74) is 9.13. The van der Waals surface area contributed by atoms with Crippen molar-refractivity contribution >= 4 is 27.9 Å². The largest absolute Gasteiger partial charge is 0.384 e. The van der Waals surface area contributed by atoms with E-state index in [4.69, 9.17) is 5.73 Å². The Morgan fingerprint density at radius 1 is 0.950 bits per heavy atom. The van der Waals surface area contributed by atoms with E-state index < -0.39 is 0 Å². The van der Waals surface area contributed by atoms with Gasteiger partial charge in [0.2, 0.25) is 0 Å². The first-order chi connectivity index (χ1) is 9.81. The van der Waals surface area contributed by atoms with Gasteiger partial charge in [0.15, 0.2) is 5.65 Å². The van der Waals surface area contributed by atoms with E-state index >= 15 is 0 Å². The maximum Gasteiger partial charge on any atom is 0.180 e. The van der Waals surface area contributed by atoms with Crippen LogP contribution >= 0.6 is 0 Å². The maximum atomic E-state index is 5.69. The average Bonchev–Trinajstić information content (AvgIpc) is 2.89. The first-order valence-corrected chi connectivity index (χ1v) is 6.27. The Morgan fingerprint density at radius 3 is 2.85 bits per heavy atom. The van der Waals surface area contributed by atoms with Crippen LogP contribution in [0.25, 0.3) is 33.5 Å². The van der Waals surface area contributed by atoms with Crippen LogP contribution in [0.4, 0.5) is 5.82 Å². The number of nitrogens with two attached hydrogens (primary N) is 1. The van der Waals surface area contributed by atoms with Crippen molar-refractivity contribution in [3.63, 3.8) is 0 Å². The number of fused-ring (bicyclic) bond motifs is 2. The van der Waals surface area contributed by atoms with Gasteiger partial charge in [-0.15, -0.1) is 0 Å². The fourth-order valence-electron chi connectivity index (χ4n) is 2.34. The molecule has 0 saturated carbocycles. The lowest BCUT2D eigenvalue weighted by Crippen LogP contribution is -1.88. The second-order valence-electron chi connectivity index (χ2n) is 4.57. The molecule has 3 N–H and O–H groups in total. The number of aromatic amines is 1. The van der Waals surface area contributed by atoms with Crippen molar-refractivity contribution in [2.24, 2.45) is 0 Å². The number of nitrogen functional groups attached to an aromatic ring is 1. The van der Waals surface area contributed by atoms with Crippen molar-refractivity contribution in [3.8, 4) is 11.4 Å². The SMILES string of the molecule is Nc1ccc2[nH]c(-c3cccc4ncccc34)nc2n1. The number of aromatic nitrogens is 4. The number of H-pyrrole nitrogens is 1. The van der Waals surface area contributed by atoms with Gasteiger partial charge in [-0.05, 0) is 24.3 Å². The lowest BCUT2D eigenvalue weighted by molar-refractivity contribution is 1.31. The van der Waals surface area contributed by atoms with Crippen molar-refractivity contribution in [2.75, 3.05) is 5.73 Å². The minimum absolute atomic E-state index is 0.468. The normalized spacial score (nSPS) is 11.2. The zero-order chi connectivity index (χ0) is 13.5. The number of hydrogen-bond acceptors (Lipinski definition) is 4. The third-order valence-corrected chi connectivity index (χ3v) is 3.27. The first-order valence-electron chi connectivity index (χ1n) is 6.27. The quantitative estimate of drug-likeness (QED) is 0.552. The second-order valence-corrected chi connectivity index (χ2v) is 4.57. The molecule has 0 radical (unpaired) electrons. The van der Waals surface area contributed by atoms with Crippen molar-refractivity contribution in [1.29, 1.82) is 0 Å². The van der Waals surface area contributed by atoms with Gasteiger partial charge in [0.05, 0.1) is 11.0 Å². The van der Waals surface area contributed by atoms with Crippen molar-refractivity contribution in [1.82, 2.24) is 19.9 Å². The van der Waals surface area contributed by atoms with Crippen LogP contribution in [0.2, 0.25) is 0 Å². The topological polar surface area (TPSA) is 80.5 Å². The van der Waals surface area contributed by atoms with Gasteiger partial charge in [-0.25, -0.2) is 9.97 Å². The molecule has 0 aliphatic heterocycles. The number of benzene rings is 1. The van der Waals surface area contributed by atoms with Crippen LogP contribution in [0.1, 0.15) is 0 Å². The number of nitrogens with one attached hydrogen (secondary N) is 1. The van der Waals surface area contributed by atoms with Crippen LogP contribution in [0.15, 0.2) is 48.7 Å². The van der Waals surface area contributed by atoms with E-state index in [-0.39, 0.29) is 0 Å². The van der Waals surface area contributed by atoms with Crippen LogP contribution in [-0.2, 0) is 0 Å². The van der Waals surface area contributed by atoms with Gasteiger partial charge < -0.3 is 10.7 Å². The molecule has 96 valence electrons. The highest BCUT2D eigenvalue weighted by atomic mass is 15.0. The van der Waals surface area contributed by atoms with Gasteiger partial charge in [-0.1, -0.05) is 18.2 Å². The number of anilines is 1. The predicted molar refractivity (Wildman–Crippen MR) is 79.0 cm³/mol. The summed E-state index contributed by atoms with van der Waals surface area (Å²) in [6.07, 6.45) is 1.78. The molecule has 4 rings (SSSR count). The molecular weight excluding hydrogens is 250 g/mol. The number of rotatable bonds is 1. The van der Waals surface area contributed by atoms with E-state index in [1.54, 1.807) is 12.3 Å². The third-order valence-electron chi connectivity index (χ3n) is 3.27. The van der Waals surface area contributed by atoms with Crippen molar-refractivity contribution in [2.45, 2.75) is 0 Å². The standard InChI is InChI=1S/C15H11N5/c16-13-7-6-12-15(19-13)20-14(18-12)10-3-1-5-11-9(10)4-2-8-17-11/h1-8H,(H3,16,18,19,20). The van der Waals surface area contributed by atoms with E-state index in [1.807, 2.05) is 36.4 Å². The zero-order valence-corrected chi connectivity index (χ0v) is 10.5. The number of nitrogens with zero attached hydrogens (tertiary/aromatic N) is 3. The molecular formula is C15H11N5. The summed E-state index contributed by atoms with van der Waals surface area (Å²) in [5.74, 6) is 1.24. The van der Waals surface area contributed by atoms with Gasteiger partial charge in [0.1, 0.15) is 11.6 Å². The molecule has 0 aliphatic carbocycles. The summed E-state index contributed by atoms with van der Waals surface area (Å²) < 4.78 is 0. The highest BCUT2D eigenvalue weighted by Gasteiger charge is 2.09. The minimum Gasteiger partial charge on any atom is -0.384 e. The lowest BCUT2D eigenvalue weighted by Gasteiger charge is -2.02. The molecule has 0 atom stereocenters. The van der Waals surface area contributed by atoms with Gasteiger partial charge in [0.25, 0.3) is 0 Å². The Balaban J connectivity index is 2.01. The summed E-state index contributed by atoms with van der Waals surface area (Å²) in [7, 11) is 0. The zero-order valence-electron chi connectivity index (χ0n) is 10.5. The van der Waals surface area contributed by atoms with E-state index in [0.29, 0.717) is 11.5 Å². The van der Waals surface area contributed by atoms with Crippen LogP contribution in [0.5, 0.6) is 0 Å². The second kappa shape index (κ2) is 4.03. The highest BCUT2D eigenvalue weighted by molar-refractivity contribution is 5.94. The van der Waals surface area contributed by atoms with E-state index in [1.165, 1.54) is 0 Å². The average molecular weight is 261 g/mol. The molecule has 0 bridgehead atoms. The molecule has 0 spiro atoms. The summed E-state index contributed by atoms with van der Waals surface area (Å²) in [5, 5.41) is 1.06. The minimum atomic E-state index is 0.468. The maximum absolute atomic E-state index is 5.69. The smallest absolute Gasteiger partial charge is 0.180 e. The summed E-state index contributed by atoms with van der Waals surface area (Å²) >= 11 is 0. The molecule has 5 heteroatoms. The molecule has 0 unspecified atom stereocenters. The van der Waals surface area contributed by atoms with Gasteiger partial charge in [-0.3, -0.25) is 4.98 Å². The van der Waals surface area contributed by atoms with Crippen LogP contribution in [0.3, 0.4) is 0 Å².